The summed E-state index contributed by atoms with van der Waals surface area (Å²) in [5.41, 5.74) is 4.80. The van der Waals surface area contributed by atoms with Crippen LogP contribution in [0.2, 0.25) is 0 Å². The van der Waals surface area contributed by atoms with Crippen LogP contribution in [0.3, 0.4) is 0 Å². The van der Waals surface area contributed by atoms with Gasteiger partial charge < -0.3 is 4.57 Å². The van der Waals surface area contributed by atoms with E-state index >= 15 is 0 Å². The molecule has 0 saturated carbocycles. The van der Waals surface area contributed by atoms with Crippen LogP contribution in [0.5, 0.6) is 0 Å². The summed E-state index contributed by atoms with van der Waals surface area (Å²) in [6, 6.07) is 14.7. The first-order chi connectivity index (χ1) is 12.6. The van der Waals surface area contributed by atoms with Gasteiger partial charge in [0.05, 0.1) is 5.52 Å². The van der Waals surface area contributed by atoms with E-state index in [9.17, 15) is 4.79 Å². The van der Waals surface area contributed by atoms with E-state index in [1.165, 1.54) is 10.9 Å². The van der Waals surface area contributed by atoms with Gasteiger partial charge in [-0.1, -0.05) is 24.3 Å². The van der Waals surface area contributed by atoms with Crippen molar-refractivity contribution in [3.05, 3.63) is 75.8 Å². The maximum atomic E-state index is 12.6. The molecule has 1 aromatic carbocycles. The Labute approximate surface area is 154 Å². The van der Waals surface area contributed by atoms with Crippen LogP contribution >= 0.6 is 0 Å². The fourth-order valence-electron chi connectivity index (χ4n) is 3.97. The zero-order valence-corrected chi connectivity index (χ0v) is 15.5. The van der Waals surface area contributed by atoms with Gasteiger partial charge in [-0.3, -0.25) is 14.7 Å². The second-order valence-corrected chi connectivity index (χ2v) is 7.37. The van der Waals surface area contributed by atoms with Crippen LogP contribution in [0, 0.1) is 0 Å². The van der Waals surface area contributed by atoms with Crippen molar-refractivity contribution in [3.8, 4) is 0 Å². The predicted octanol–water partition coefficient (Wildman–Crippen LogP) is 3.41. The number of aromatic nitrogens is 2. The molecule has 1 unspecified atom stereocenters. The van der Waals surface area contributed by atoms with Crippen LogP contribution in [0.15, 0.2) is 53.5 Å². The van der Waals surface area contributed by atoms with Crippen LogP contribution in [0.1, 0.15) is 30.2 Å². The molecule has 1 atom stereocenters. The fourth-order valence-corrected chi connectivity index (χ4v) is 3.97. The van der Waals surface area contributed by atoms with E-state index in [-0.39, 0.29) is 5.56 Å². The van der Waals surface area contributed by atoms with Gasteiger partial charge in [-0.2, -0.15) is 0 Å². The van der Waals surface area contributed by atoms with Gasteiger partial charge in [0.1, 0.15) is 0 Å². The molecule has 4 nitrogen and oxygen atoms in total. The number of para-hydroxylation sites is 1. The number of hydrogen-bond acceptors (Lipinski definition) is 3. The van der Waals surface area contributed by atoms with Gasteiger partial charge in [-0.15, -0.1) is 0 Å². The summed E-state index contributed by atoms with van der Waals surface area (Å²) in [6.07, 6.45) is 4.85. The third-order valence-corrected chi connectivity index (χ3v) is 5.53. The summed E-state index contributed by atoms with van der Waals surface area (Å²) in [6.45, 7) is 3.81. The molecule has 0 fully saturated rings. The average Bonchev–Trinajstić information content (AvgIpc) is 2.66. The summed E-state index contributed by atoms with van der Waals surface area (Å²) in [7, 11) is 2.13. The smallest absolute Gasteiger partial charge is 0.251 e. The van der Waals surface area contributed by atoms with Crippen molar-refractivity contribution in [2.45, 2.75) is 45.3 Å². The molecule has 26 heavy (non-hydrogen) atoms. The second-order valence-electron chi connectivity index (χ2n) is 7.37. The minimum atomic E-state index is 0.130. The van der Waals surface area contributed by atoms with Gasteiger partial charge in [0.2, 0.25) is 0 Å². The highest BCUT2D eigenvalue weighted by atomic mass is 16.1. The summed E-state index contributed by atoms with van der Waals surface area (Å²) in [4.78, 5) is 19.4. The topological polar surface area (TPSA) is 38.1 Å². The van der Waals surface area contributed by atoms with Gasteiger partial charge in [-0.25, -0.2) is 0 Å². The molecule has 1 aliphatic heterocycles. The first-order valence-electron chi connectivity index (χ1n) is 9.38. The lowest BCUT2D eigenvalue weighted by Gasteiger charge is -2.26. The average molecular weight is 347 g/mol. The minimum Gasteiger partial charge on any atom is -0.308 e. The van der Waals surface area contributed by atoms with Crippen molar-refractivity contribution >= 4 is 10.9 Å². The molecule has 134 valence electrons. The van der Waals surface area contributed by atoms with E-state index in [1.807, 2.05) is 29.0 Å². The Hall–Kier alpha value is -2.46. The Balaban J connectivity index is 1.63. The molecule has 4 rings (SSSR count). The van der Waals surface area contributed by atoms with Crippen molar-refractivity contribution < 1.29 is 0 Å². The quantitative estimate of drug-likeness (QED) is 0.710. The van der Waals surface area contributed by atoms with E-state index in [1.54, 1.807) is 0 Å². The molecule has 2 aromatic heterocycles. The summed E-state index contributed by atoms with van der Waals surface area (Å²) < 4.78 is 1.95. The van der Waals surface area contributed by atoms with Gasteiger partial charge in [-0.05, 0) is 50.1 Å². The monoisotopic (exact) mass is 347 g/mol. The number of likely N-dealkylation sites (N-methyl/N-ethyl adjacent to an activating group) is 1. The fraction of sp³-hybridized carbons (Fsp3) is 0.364. The molecule has 0 N–H and O–H groups in total. The first-order valence-corrected chi connectivity index (χ1v) is 9.38. The molecular formula is C22H25N3O. The number of pyridine rings is 2. The number of benzene rings is 1. The summed E-state index contributed by atoms with van der Waals surface area (Å²) >= 11 is 0. The Bertz CT molecular complexity index is 978. The zero-order chi connectivity index (χ0) is 18.1. The normalized spacial score (nSPS) is 14.7. The maximum absolute atomic E-state index is 12.6. The van der Waals surface area contributed by atoms with E-state index in [2.05, 4.69) is 48.1 Å². The Kier molecular flexibility index (Phi) is 4.60. The van der Waals surface area contributed by atoms with Crippen LogP contribution < -0.4 is 5.56 Å². The highest BCUT2D eigenvalue weighted by Gasteiger charge is 2.18. The maximum Gasteiger partial charge on any atom is 0.251 e. The molecule has 0 amide bonds. The highest BCUT2D eigenvalue weighted by molar-refractivity contribution is 5.86. The SMILES string of the molecule is CC(Cc1ccccn1)N(C)Cc1cc(=O)n2c3c(cccc13)CCC2. The van der Waals surface area contributed by atoms with Crippen molar-refractivity contribution in [2.75, 3.05) is 7.05 Å². The van der Waals surface area contributed by atoms with E-state index in [0.29, 0.717) is 6.04 Å². The Morgan fingerprint density at radius 2 is 2.12 bits per heavy atom. The first kappa shape index (κ1) is 17.0. The molecule has 0 aliphatic carbocycles. The van der Waals surface area contributed by atoms with Gasteiger partial charge in [0.25, 0.3) is 5.56 Å². The zero-order valence-electron chi connectivity index (χ0n) is 15.5. The molecule has 4 heteroatoms. The lowest BCUT2D eigenvalue weighted by atomic mass is 9.98. The molecule has 1 aliphatic rings. The third-order valence-electron chi connectivity index (χ3n) is 5.53. The van der Waals surface area contributed by atoms with Crippen molar-refractivity contribution in [2.24, 2.45) is 0 Å². The van der Waals surface area contributed by atoms with Crippen molar-refractivity contribution in [1.29, 1.82) is 0 Å². The van der Waals surface area contributed by atoms with Crippen LogP contribution in [0.4, 0.5) is 0 Å². The Morgan fingerprint density at radius 3 is 2.92 bits per heavy atom. The number of aryl methyl sites for hydroxylation is 2. The minimum absolute atomic E-state index is 0.130. The molecule has 3 heterocycles. The molecule has 3 aromatic rings. The molecule has 0 radical (unpaired) electrons. The summed E-state index contributed by atoms with van der Waals surface area (Å²) in [5, 5.41) is 1.22. The molecule has 0 saturated heterocycles. The van der Waals surface area contributed by atoms with Gasteiger partial charge >= 0.3 is 0 Å². The Morgan fingerprint density at radius 1 is 1.23 bits per heavy atom. The number of rotatable bonds is 5. The summed E-state index contributed by atoms with van der Waals surface area (Å²) in [5.74, 6) is 0. The van der Waals surface area contributed by atoms with E-state index in [0.717, 1.165) is 49.1 Å². The molecule has 0 spiro atoms. The largest absolute Gasteiger partial charge is 0.308 e. The van der Waals surface area contributed by atoms with E-state index in [4.69, 9.17) is 0 Å². The lowest BCUT2D eigenvalue weighted by Crippen LogP contribution is -2.32. The third kappa shape index (κ3) is 3.17. The van der Waals surface area contributed by atoms with Crippen molar-refractivity contribution in [1.82, 2.24) is 14.5 Å². The van der Waals surface area contributed by atoms with Crippen LogP contribution in [-0.4, -0.2) is 27.5 Å². The molecular weight excluding hydrogens is 322 g/mol. The lowest BCUT2D eigenvalue weighted by molar-refractivity contribution is 0.247. The molecule has 0 bridgehead atoms. The highest BCUT2D eigenvalue weighted by Crippen LogP contribution is 2.26. The van der Waals surface area contributed by atoms with Crippen LogP contribution in [-0.2, 0) is 25.9 Å². The van der Waals surface area contributed by atoms with Gasteiger partial charge in [0.15, 0.2) is 0 Å². The number of nitrogens with zero attached hydrogens (tertiary/aromatic N) is 3. The van der Waals surface area contributed by atoms with E-state index < -0.39 is 0 Å². The predicted molar refractivity (Wildman–Crippen MR) is 105 cm³/mol. The van der Waals surface area contributed by atoms with Crippen LogP contribution in [0.25, 0.3) is 10.9 Å². The number of hydrogen-bond donors (Lipinski definition) is 0. The standard InChI is InChI=1S/C22H25N3O/c1-16(13-19-9-3-4-11-23-19)24(2)15-18-14-21(26)25-12-6-8-17-7-5-10-20(18)22(17)25/h3-5,7,9-11,14,16H,6,8,12-13,15H2,1-2H3. The van der Waals surface area contributed by atoms with Gasteiger partial charge in [0, 0.05) is 48.9 Å². The van der Waals surface area contributed by atoms with Crippen molar-refractivity contribution in [3.63, 3.8) is 0 Å². The second kappa shape index (κ2) is 7.04.